The van der Waals surface area contributed by atoms with Gasteiger partial charge in [-0.1, -0.05) is 6.07 Å². The van der Waals surface area contributed by atoms with E-state index >= 15 is 0 Å². The second-order valence-electron chi connectivity index (χ2n) is 7.66. The van der Waals surface area contributed by atoms with Crippen LogP contribution in [-0.4, -0.2) is 29.0 Å². The Morgan fingerprint density at radius 3 is 2.50 bits per heavy atom. The average Bonchev–Trinajstić information content (AvgIpc) is 3.35. The highest BCUT2D eigenvalue weighted by atomic mass is 19.1. The van der Waals surface area contributed by atoms with Crippen molar-refractivity contribution in [2.24, 2.45) is 0 Å². The molecule has 5 rings (SSSR count). The minimum atomic E-state index is -0.450. The van der Waals surface area contributed by atoms with Crippen LogP contribution in [0.25, 0.3) is 11.0 Å². The number of hydrogen-bond donors (Lipinski definition) is 1. The zero-order chi connectivity index (χ0) is 21.9. The fourth-order valence-electron chi connectivity index (χ4n) is 3.72. The fraction of sp³-hybridized carbons (Fsp3) is 0.160. The zero-order valence-corrected chi connectivity index (χ0v) is 17.3. The molecule has 0 spiro atoms. The average molecular weight is 428 g/mol. The maximum absolute atomic E-state index is 13.3. The van der Waals surface area contributed by atoms with Crippen LogP contribution in [0.3, 0.4) is 0 Å². The molecule has 1 aliphatic rings. The molecule has 1 saturated heterocycles. The highest BCUT2D eigenvalue weighted by molar-refractivity contribution is 6.04. The van der Waals surface area contributed by atoms with Gasteiger partial charge in [0.05, 0.1) is 17.2 Å². The molecule has 1 aliphatic heterocycles. The number of fused-ring (bicyclic) bond motifs is 1. The molecule has 2 heterocycles. The summed E-state index contributed by atoms with van der Waals surface area (Å²) in [5, 5.41) is 2.75. The number of hydrogen-bond acceptors (Lipinski definition) is 5. The Balaban J connectivity index is 1.28. The van der Waals surface area contributed by atoms with Crippen molar-refractivity contribution < 1.29 is 13.9 Å². The quantitative estimate of drug-likeness (QED) is 0.460. The third kappa shape index (κ3) is 4.37. The summed E-state index contributed by atoms with van der Waals surface area (Å²) in [5.41, 5.74) is 2.45. The summed E-state index contributed by atoms with van der Waals surface area (Å²) < 4.78 is 19.3. The lowest BCUT2D eigenvalue weighted by molar-refractivity contribution is 0.102. The fourth-order valence-corrected chi connectivity index (χ4v) is 3.72. The lowest BCUT2D eigenvalue weighted by Crippen LogP contribution is -2.19. The molecule has 3 aromatic carbocycles. The molecule has 0 aliphatic carbocycles. The number of ether oxygens (including phenoxy) is 1. The minimum Gasteiger partial charge on any atom is -0.457 e. The first-order valence-electron chi connectivity index (χ1n) is 10.5. The number of benzene rings is 3. The maximum atomic E-state index is 13.3. The molecule has 1 fully saturated rings. The Bertz CT molecular complexity index is 1270. The number of anilines is 2. The highest BCUT2D eigenvalue weighted by Crippen LogP contribution is 2.27. The summed E-state index contributed by atoms with van der Waals surface area (Å²) in [6.07, 6.45) is 4.19. The summed E-state index contributed by atoms with van der Waals surface area (Å²) in [5.74, 6) is 1.35. The van der Waals surface area contributed by atoms with Crippen molar-refractivity contribution in [1.29, 1.82) is 0 Å². The first-order chi connectivity index (χ1) is 15.6. The summed E-state index contributed by atoms with van der Waals surface area (Å²) in [4.78, 5) is 23.8. The molecule has 4 aromatic rings. The molecule has 0 unspecified atom stereocenters. The number of amides is 1. The summed E-state index contributed by atoms with van der Waals surface area (Å²) >= 11 is 0. The van der Waals surface area contributed by atoms with Crippen LogP contribution in [0.1, 0.15) is 23.2 Å². The Kier molecular flexibility index (Phi) is 5.37. The molecule has 0 saturated carbocycles. The molecule has 0 radical (unpaired) electrons. The van der Waals surface area contributed by atoms with Gasteiger partial charge < -0.3 is 15.0 Å². The number of aromatic nitrogens is 2. The Morgan fingerprint density at radius 1 is 0.938 bits per heavy atom. The van der Waals surface area contributed by atoms with Crippen molar-refractivity contribution in [2.45, 2.75) is 12.8 Å². The van der Waals surface area contributed by atoms with Crippen LogP contribution >= 0.6 is 0 Å². The van der Waals surface area contributed by atoms with Gasteiger partial charge in [0.1, 0.15) is 23.1 Å². The molecule has 0 bridgehead atoms. The molecule has 0 atom stereocenters. The molecular formula is C25H21FN4O2. The smallest absolute Gasteiger partial charge is 0.255 e. The van der Waals surface area contributed by atoms with Crippen LogP contribution in [0.4, 0.5) is 15.9 Å². The van der Waals surface area contributed by atoms with Crippen molar-refractivity contribution >= 4 is 28.4 Å². The van der Waals surface area contributed by atoms with Gasteiger partial charge in [-0.15, -0.1) is 0 Å². The number of carbonyl (C=O) groups is 1. The van der Waals surface area contributed by atoms with Gasteiger partial charge in [-0.25, -0.2) is 9.37 Å². The summed E-state index contributed by atoms with van der Waals surface area (Å²) in [7, 11) is 0. The molecule has 1 aromatic heterocycles. The van der Waals surface area contributed by atoms with Crippen molar-refractivity contribution in [2.75, 3.05) is 23.3 Å². The normalized spacial score (nSPS) is 13.3. The van der Waals surface area contributed by atoms with Gasteiger partial charge in [0, 0.05) is 30.4 Å². The number of nitrogens with one attached hydrogen (secondary N) is 1. The van der Waals surface area contributed by atoms with Gasteiger partial charge in [-0.3, -0.25) is 9.78 Å². The van der Waals surface area contributed by atoms with E-state index < -0.39 is 5.82 Å². The van der Waals surface area contributed by atoms with Crippen LogP contribution in [-0.2, 0) is 0 Å². The lowest BCUT2D eigenvalue weighted by Gasteiger charge is -2.16. The predicted molar refractivity (Wildman–Crippen MR) is 122 cm³/mol. The predicted octanol–water partition coefficient (Wildman–Crippen LogP) is 5.41. The Labute approximate surface area is 184 Å². The summed E-state index contributed by atoms with van der Waals surface area (Å²) in [6, 6.07) is 18.2. The monoisotopic (exact) mass is 428 g/mol. The lowest BCUT2D eigenvalue weighted by atomic mass is 10.2. The second kappa shape index (κ2) is 8.63. The number of nitrogens with zero attached hydrogens (tertiary/aromatic N) is 3. The molecule has 160 valence electrons. The largest absolute Gasteiger partial charge is 0.457 e. The van der Waals surface area contributed by atoms with Crippen LogP contribution in [0.2, 0.25) is 0 Å². The minimum absolute atomic E-state index is 0.260. The van der Waals surface area contributed by atoms with Gasteiger partial charge in [-0.2, -0.15) is 0 Å². The first-order valence-corrected chi connectivity index (χ1v) is 10.5. The van der Waals surface area contributed by atoms with E-state index in [-0.39, 0.29) is 11.5 Å². The number of rotatable bonds is 5. The van der Waals surface area contributed by atoms with E-state index in [1.165, 1.54) is 31.0 Å². The highest BCUT2D eigenvalue weighted by Gasteiger charge is 2.14. The number of carbonyl (C=O) groups excluding carboxylic acids is 1. The molecule has 6 nitrogen and oxygen atoms in total. The van der Waals surface area contributed by atoms with E-state index in [1.54, 1.807) is 30.3 Å². The Morgan fingerprint density at radius 2 is 1.72 bits per heavy atom. The molecular weight excluding hydrogens is 407 g/mol. The van der Waals surface area contributed by atoms with E-state index in [2.05, 4.69) is 15.2 Å². The van der Waals surface area contributed by atoms with Gasteiger partial charge in [0.25, 0.3) is 5.91 Å². The van der Waals surface area contributed by atoms with Gasteiger partial charge in [0.2, 0.25) is 0 Å². The van der Waals surface area contributed by atoms with Crippen molar-refractivity contribution in [3.63, 3.8) is 0 Å². The maximum Gasteiger partial charge on any atom is 0.255 e. The SMILES string of the molecule is O=C(Nc1ccc(Oc2ccc3ncc(N4CCCC4)nc3c2)cc1)c1cccc(F)c1. The van der Waals surface area contributed by atoms with Gasteiger partial charge >= 0.3 is 0 Å². The third-order valence-electron chi connectivity index (χ3n) is 5.37. The van der Waals surface area contributed by atoms with Crippen LogP contribution in [0.15, 0.2) is 72.9 Å². The van der Waals surface area contributed by atoms with Crippen molar-refractivity contribution in [3.05, 3.63) is 84.3 Å². The Hall–Kier alpha value is -4.00. The third-order valence-corrected chi connectivity index (χ3v) is 5.37. The molecule has 1 N–H and O–H groups in total. The van der Waals surface area contributed by atoms with Crippen LogP contribution in [0.5, 0.6) is 11.5 Å². The van der Waals surface area contributed by atoms with Crippen molar-refractivity contribution in [3.8, 4) is 11.5 Å². The summed E-state index contributed by atoms with van der Waals surface area (Å²) in [6.45, 7) is 2.02. The van der Waals surface area contributed by atoms with E-state index in [9.17, 15) is 9.18 Å². The van der Waals surface area contributed by atoms with E-state index in [1.807, 2.05) is 24.4 Å². The topological polar surface area (TPSA) is 67.3 Å². The van der Waals surface area contributed by atoms with E-state index in [4.69, 9.17) is 9.72 Å². The van der Waals surface area contributed by atoms with E-state index in [0.29, 0.717) is 17.2 Å². The first kappa shape index (κ1) is 19.9. The molecule has 1 amide bonds. The van der Waals surface area contributed by atoms with Crippen LogP contribution in [0, 0.1) is 5.82 Å². The second-order valence-corrected chi connectivity index (χ2v) is 7.66. The van der Waals surface area contributed by atoms with E-state index in [0.717, 1.165) is 29.9 Å². The van der Waals surface area contributed by atoms with Crippen molar-refractivity contribution in [1.82, 2.24) is 9.97 Å². The van der Waals surface area contributed by atoms with Gasteiger partial charge in [-0.05, 0) is 67.4 Å². The van der Waals surface area contributed by atoms with Crippen LogP contribution < -0.4 is 15.0 Å². The standard InChI is InChI=1S/C25H21FN4O2/c26-18-5-3-4-17(14-18)25(31)28-19-6-8-20(9-7-19)32-21-10-11-22-23(15-21)29-24(16-27-22)30-12-1-2-13-30/h3-11,14-16H,1-2,12-13H2,(H,28,31). The zero-order valence-electron chi connectivity index (χ0n) is 17.3. The number of halogens is 1. The molecule has 7 heteroatoms. The van der Waals surface area contributed by atoms with Gasteiger partial charge in [0.15, 0.2) is 0 Å². The molecule has 32 heavy (non-hydrogen) atoms.